The van der Waals surface area contributed by atoms with Gasteiger partial charge in [-0.15, -0.1) is 0 Å². The van der Waals surface area contributed by atoms with Crippen molar-refractivity contribution in [2.24, 2.45) is 7.05 Å². The number of anilines is 1. The molecule has 0 atom stereocenters. The number of halogens is 4. The maximum Gasteiger partial charge on any atom is 0.266 e. The van der Waals surface area contributed by atoms with Crippen molar-refractivity contribution >= 4 is 50.7 Å². The molecule has 7 rings (SSSR count). The fourth-order valence-electron chi connectivity index (χ4n) is 5.99. The molecule has 0 fully saturated rings. The molecule has 0 radical (unpaired) electrons. The number of pyridine rings is 1. The summed E-state index contributed by atoms with van der Waals surface area (Å²) in [6, 6.07) is 18.2. The zero-order chi connectivity index (χ0) is 34.2. The zero-order valence-electron chi connectivity index (χ0n) is 26.6. The highest BCUT2D eigenvalue weighted by molar-refractivity contribution is 6.30. The smallest absolute Gasteiger partial charge is 0.266 e. The van der Waals surface area contributed by atoms with Crippen molar-refractivity contribution in [3.05, 3.63) is 118 Å². The number of nitrogens with one attached hydrogen (secondary N) is 2. The van der Waals surface area contributed by atoms with Crippen LogP contribution in [0, 0.1) is 12.7 Å². The van der Waals surface area contributed by atoms with Crippen LogP contribution in [0.1, 0.15) is 51.5 Å². The van der Waals surface area contributed by atoms with Gasteiger partial charge in [0.05, 0.1) is 23.3 Å². The van der Waals surface area contributed by atoms with Crippen LogP contribution in [0.3, 0.4) is 0 Å². The van der Waals surface area contributed by atoms with Gasteiger partial charge in [0, 0.05) is 64.7 Å². The van der Waals surface area contributed by atoms with Gasteiger partial charge in [-0.1, -0.05) is 29.8 Å². The van der Waals surface area contributed by atoms with E-state index < -0.39 is 18.1 Å². The highest BCUT2D eigenvalue weighted by Crippen LogP contribution is 2.30. The van der Waals surface area contributed by atoms with Crippen molar-refractivity contribution in [2.45, 2.75) is 32.9 Å². The molecule has 0 spiro atoms. The highest BCUT2D eigenvalue weighted by Gasteiger charge is 2.21. The molecule has 0 saturated heterocycles. The molecule has 9 nitrogen and oxygen atoms in total. The van der Waals surface area contributed by atoms with E-state index in [4.69, 9.17) is 21.3 Å². The van der Waals surface area contributed by atoms with E-state index in [1.54, 1.807) is 43.3 Å². The zero-order valence-corrected chi connectivity index (χ0v) is 27.4. The summed E-state index contributed by atoms with van der Waals surface area (Å²) in [6.45, 7) is 3.87. The van der Waals surface area contributed by atoms with Crippen molar-refractivity contribution in [1.29, 1.82) is 0 Å². The summed E-state index contributed by atoms with van der Waals surface area (Å²) in [5.74, 6) is 0.352. The topological polar surface area (TPSA) is 101 Å². The number of aryl methyl sites for hydroxylation is 2. The highest BCUT2D eigenvalue weighted by atomic mass is 35.5. The second-order valence-electron chi connectivity index (χ2n) is 12.0. The molecular weight excluding hydrogens is 655 g/mol. The number of carbonyl (C=O) groups is 1. The van der Waals surface area contributed by atoms with Gasteiger partial charge in [-0.3, -0.25) is 14.8 Å². The lowest BCUT2D eigenvalue weighted by Crippen LogP contribution is -2.29. The monoisotopic (exact) mass is 685 g/mol. The molecule has 0 aliphatic carbocycles. The first-order valence-electron chi connectivity index (χ1n) is 15.6. The Morgan fingerprint density at radius 2 is 1.96 bits per heavy atom. The predicted molar refractivity (Wildman–Crippen MR) is 182 cm³/mol. The maximum atomic E-state index is 14.2. The largest absolute Gasteiger partial charge is 0.473 e. The second-order valence-corrected chi connectivity index (χ2v) is 12.4. The van der Waals surface area contributed by atoms with Crippen LogP contribution < -0.4 is 10.1 Å². The van der Waals surface area contributed by atoms with Crippen LogP contribution in [-0.2, 0) is 20.2 Å². The average molecular weight is 686 g/mol. The van der Waals surface area contributed by atoms with Crippen molar-refractivity contribution in [3.8, 4) is 5.88 Å². The van der Waals surface area contributed by atoms with Gasteiger partial charge in [-0.2, -0.15) is 5.10 Å². The summed E-state index contributed by atoms with van der Waals surface area (Å²) in [5, 5.41) is 10.3. The standard InChI is InChI=1S/C36H31ClF3N7O2/c1-20-26-14-23(15-27(35(39)40)34(26)45-44-20)36(48)41-25-8-9-31-30(17-25)42-32(46(31)2)18-47-12-10-21(11-13-47)29-4-3-5-33(43-29)49-19-22-6-7-24(37)16-28(22)38/h3-10,14-17,35H,11-13,18-19H2,1-2H3,(H,41,48)(H,44,45). The van der Waals surface area contributed by atoms with E-state index in [9.17, 15) is 18.0 Å². The number of fused-ring (bicyclic) bond motifs is 2. The van der Waals surface area contributed by atoms with Crippen molar-refractivity contribution < 1.29 is 22.7 Å². The fourth-order valence-corrected chi connectivity index (χ4v) is 6.15. The van der Waals surface area contributed by atoms with Gasteiger partial charge in [0.25, 0.3) is 12.3 Å². The van der Waals surface area contributed by atoms with E-state index in [2.05, 4.69) is 31.5 Å². The van der Waals surface area contributed by atoms with Crippen molar-refractivity contribution in [3.63, 3.8) is 0 Å². The third kappa shape index (κ3) is 6.74. The SMILES string of the molecule is Cc1[nH]nc2c(C(F)F)cc(C(=O)Nc3ccc4c(c3)nc(CN3CC=C(c5cccc(OCc6ccc(Cl)cc6F)n5)CC3)n4C)cc12. The molecule has 0 saturated carbocycles. The van der Waals surface area contributed by atoms with Gasteiger partial charge in [-0.25, -0.2) is 23.1 Å². The summed E-state index contributed by atoms with van der Waals surface area (Å²) in [4.78, 5) is 24.9. The van der Waals surface area contributed by atoms with Gasteiger partial charge in [-0.05, 0) is 67.4 Å². The lowest BCUT2D eigenvalue weighted by Gasteiger charge is -2.25. The number of benzene rings is 3. The molecule has 1 aliphatic rings. The Balaban J connectivity index is 1.01. The number of carbonyl (C=O) groups excluding carboxylic acids is 1. The van der Waals surface area contributed by atoms with Crippen LogP contribution >= 0.6 is 11.6 Å². The predicted octanol–water partition coefficient (Wildman–Crippen LogP) is 8.00. The number of hydrogen-bond acceptors (Lipinski definition) is 6. The van der Waals surface area contributed by atoms with Gasteiger partial charge in [0.1, 0.15) is 23.8 Å². The van der Waals surface area contributed by atoms with Crippen LogP contribution in [-0.4, -0.2) is 48.6 Å². The molecule has 3 aromatic carbocycles. The summed E-state index contributed by atoms with van der Waals surface area (Å²) in [5.41, 5.74) is 5.02. The molecule has 4 heterocycles. The number of aromatic amines is 1. The lowest BCUT2D eigenvalue weighted by atomic mass is 10.0. The van der Waals surface area contributed by atoms with Crippen LogP contribution in [0.25, 0.3) is 27.5 Å². The van der Waals surface area contributed by atoms with Gasteiger partial charge >= 0.3 is 0 Å². The lowest BCUT2D eigenvalue weighted by molar-refractivity contribution is 0.102. The third-order valence-electron chi connectivity index (χ3n) is 8.71. The summed E-state index contributed by atoms with van der Waals surface area (Å²) in [7, 11) is 1.95. The molecule has 0 unspecified atom stereocenters. The number of aromatic nitrogens is 5. The Labute approximate surface area is 284 Å². The Hall–Kier alpha value is -5.20. The molecule has 13 heteroatoms. The number of amides is 1. The fraction of sp³-hybridized carbons (Fsp3) is 0.222. The molecular formula is C36H31ClF3N7O2. The molecule has 2 N–H and O–H groups in total. The number of nitrogens with zero attached hydrogens (tertiary/aromatic N) is 5. The van der Waals surface area contributed by atoms with Crippen molar-refractivity contribution in [2.75, 3.05) is 18.4 Å². The molecule has 49 heavy (non-hydrogen) atoms. The summed E-state index contributed by atoms with van der Waals surface area (Å²) >= 11 is 5.85. The van der Waals surface area contributed by atoms with E-state index in [0.717, 1.165) is 35.6 Å². The molecule has 1 aliphatic heterocycles. The molecule has 1 amide bonds. The van der Waals surface area contributed by atoms with Gasteiger partial charge < -0.3 is 14.6 Å². The normalized spacial score (nSPS) is 13.7. The van der Waals surface area contributed by atoms with Crippen LogP contribution in [0.5, 0.6) is 5.88 Å². The number of ether oxygens (including phenoxy) is 1. The third-order valence-corrected chi connectivity index (χ3v) is 8.94. The average Bonchev–Trinajstić information content (AvgIpc) is 3.62. The second kappa shape index (κ2) is 13.4. The minimum Gasteiger partial charge on any atom is -0.473 e. The number of H-pyrrole nitrogens is 1. The minimum absolute atomic E-state index is 0.0440. The quantitative estimate of drug-likeness (QED) is 0.160. The Morgan fingerprint density at radius 1 is 1.10 bits per heavy atom. The minimum atomic E-state index is -2.77. The van der Waals surface area contributed by atoms with Crippen LogP contribution in [0.2, 0.25) is 5.02 Å². The van der Waals surface area contributed by atoms with E-state index in [0.29, 0.717) is 51.8 Å². The number of rotatable bonds is 9. The molecule has 250 valence electrons. The Bertz CT molecular complexity index is 2250. The summed E-state index contributed by atoms with van der Waals surface area (Å²) in [6.07, 6.45) is 0.150. The van der Waals surface area contributed by atoms with Crippen LogP contribution in [0.4, 0.5) is 18.9 Å². The maximum absolute atomic E-state index is 14.2. The van der Waals surface area contributed by atoms with Crippen molar-refractivity contribution in [1.82, 2.24) is 29.6 Å². The molecule has 6 aromatic rings. The first kappa shape index (κ1) is 32.4. The Morgan fingerprint density at radius 3 is 2.73 bits per heavy atom. The van der Waals surface area contributed by atoms with E-state index in [-0.39, 0.29) is 23.3 Å². The first-order chi connectivity index (χ1) is 23.6. The number of hydrogen-bond donors (Lipinski definition) is 2. The molecule has 0 bridgehead atoms. The number of alkyl halides is 2. The van der Waals surface area contributed by atoms with Crippen LogP contribution in [0.15, 0.2) is 72.8 Å². The summed E-state index contributed by atoms with van der Waals surface area (Å²) < 4.78 is 49.4. The molecule has 3 aromatic heterocycles. The van der Waals surface area contributed by atoms with E-state index >= 15 is 0 Å². The Kier molecular flexibility index (Phi) is 8.82. The van der Waals surface area contributed by atoms with Gasteiger partial charge in [0.2, 0.25) is 5.88 Å². The first-order valence-corrected chi connectivity index (χ1v) is 16.0. The van der Waals surface area contributed by atoms with Gasteiger partial charge in [0.15, 0.2) is 0 Å². The van der Waals surface area contributed by atoms with E-state index in [1.807, 2.05) is 29.8 Å². The van der Waals surface area contributed by atoms with E-state index in [1.165, 1.54) is 12.1 Å². The number of imidazole rings is 1.